The molecule has 1 heterocycles. The van der Waals surface area contributed by atoms with Crippen LogP contribution in [-0.2, 0) is 20.7 Å². The molecule has 2 N–H and O–H groups in total. The van der Waals surface area contributed by atoms with E-state index in [2.05, 4.69) is 5.32 Å². The number of nitrogens with one attached hydrogen (secondary N) is 1. The number of aryl methyl sites for hydroxylation is 1. The molecule has 1 saturated heterocycles. The Labute approximate surface area is 207 Å². The Morgan fingerprint density at radius 2 is 1.88 bits per heavy atom. The number of aliphatic hydroxyl groups is 1. The van der Waals surface area contributed by atoms with Crippen LogP contribution in [-0.4, -0.2) is 61.0 Å². The van der Waals surface area contributed by atoms with Gasteiger partial charge in [-0.25, -0.2) is 0 Å². The highest BCUT2D eigenvalue weighted by Gasteiger charge is 2.53. The Morgan fingerprint density at radius 3 is 2.44 bits per heavy atom. The second-order valence-corrected chi connectivity index (χ2v) is 9.39. The van der Waals surface area contributed by atoms with E-state index in [1.54, 1.807) is 18.2 Å². The summed E-state index contributed by atoms with van der Waals surface area (Å²) in [7, 11) is 1.26. The van der Waals surface area contributed by atoms with Gasteiger partial charge in [0.15, 0.2) is 6.35 Å². The number of rotatable bonds is 9. The van der Waals surface area contributed by atoms with Crippen LogP contribution < -0.4 is 5.32 Å². The van der Waals surface area contributed by atoms with Gasteiger partial charge in [-0.1, -0.05) is 42.5 Å². The number of methoxy groups -OCH3 is 1. The number of ether oxygens (including phenoxy) is 1. The summed E-state index contributed by atoms with van der Waals surface area (Å²) < 4.78 is 46.7. The highest BCUT2D eigenvalue weighted by Crippen LogP contribution is 2.37. The van der Waals surface area contributed by atoms with Crippen molar-refractivity contribution in [2.24, 2.45) is 11.8 Å². The molecule has 11 heteroatoms. The van der Waals surface area contributed by atoms with Gasteiger partial charge in [-0.15, -0.1) is 0 Å². The highest BCUT2D eigenvalue weighted by atomic mass is 35.5. The standard InChI is InChI=1S/C22H29Cl2F3N2O3.CH2O/c1-32-21(28-19(22(25,26)27)13-5-3-2-4-6-13)29-18(12-30)16(20(29)31)9-7-14-11-15(23)8-10-17(14)24;1-2/h8,10-11,13,16,18-19,21,28,30H,2-7,9,12H2,1H3;1H2/t16-,18?,19?,21?;/m1./s1. The SMILES string of the molecule is C=O.COC(NC(C1CCCCC1)C(F)(F)F)N1C(=O)[C@H](CCc2cc(Cl)ccc2Cl)C1CO. The third-order valence-corrected chi connectivity index (χ3v) is 7.19. The van der Waals surface area contributed by atoms with Crippen molar-refractivity contribution >= 4 is 35.9 Å². The van der Waals surface area contributed by atoms with Crippen LogP contribution in [0.25, 0.3) is 0 Å². The van der Waals surface area contributed by atoms with E-state index in [0.29, 0.717) is 35.7 Å². The lowest BCUT2D eigenvalue weighted by Gasteiger charge is -2.51. The van der Waals surface area contributed by atoms with E-state index in [0.717, 1.165) is 24.8 Å². The minimum Gasteiger partial charge on any atom is -0.394 e. The maximum atomic E-state index is 13.8. The molecule has 0 spiro atoms. The average molecular weight is 527 g/mol. The molecule has 0 radical (unpaired) electrons. The number of amides is 1. The van der Waals surface area contributed by atoms with Crippen molar-refractivity contribution in [3.05, 3.63) is 33.8 Å². The van der Waals surface area contributed by atoms with Gasteiger partial charge in [0.2, 0.25) is 5.91 Å². The van der Waals surface area contributed by atoms with Crippen LogP contribution in [0.4, 0.5) is 13.2 Å². The number of β-lactam (4-membered cyclic amide) rings is 1. The Bertz CT molecular complexity index is 809. The second kappa shape index (κ2) is 13.1. The molecule has 1 amide bonds. The maximum Gasteiger partial charge on any atom is 0.404 e. The highest BCUT2D eigenvalue weighted by molar-refractivity contribution is 6.33. The first-order valence-electron chi connectivity index (χ1n) is 11.2. The summed E-state index contributed by atoms with van der Waals surface area (Å²) in [6.07, 6.45) is -1.48. The molecule has 4 atom stereocenters. The predicted molar refractivity (Wildman–Crippen MR) is 123 cm³/mol. The molecule has 0 aromatic heterocycles. The zero-order chi connectivity index (χ0) is 25.5. The lowest BCUT2D eigenvalue weighted by atomic mass is 9.82. The van der Waals surface area contributed by atoms with Crippen molar-refractivity contribution in [1.29, 1.82) is 0 Å². The number of carbonyl (C=O) groups excluding carboxylic acids is 2. The van der Waals surface area contributed by atoms with Gasteiger partial charge in [0.1, 0.15) is 12.8 Å². The summed E-state index contributed by atoms with van der Waals surface area (Å²) in [5.41, 5.74) is 0.776. The third-order valence-electron chi connectivity index (χ3n) is 6.58. The number of alkyl halides is 3. The molecule has 1 aromatic carbocycles. The van der Waals surface area contributed by atoms with E-state index < -0.39 is 36.4 Å². The fraction of sp³-hybridized carbons (Fsp3) is 0.652. The summed E-state index contributed by atoms with van der Waals surface area (Å²) in [5.74, 6) is -1.45. The largest absolute Gasteiger partial charge is 0.404 e. The number of carbonyl (C=O) groups is 2. The summed E-state index contributed by atoms with van der Waals surface area (Å²) in [6, 6.07) is 2.64. The van der Waals surface area contributed by atoms with Crippen LogP contribution in [0.15, 0.2) is 18.2 Å². The lowest BCUT2D eigenvalue weighted by Crippen LogP contribution is -2.71. The number of halogens is 5. The second-order valence-electron chi connectivity index (χ2n) is 8.55. The van der Waals surface area contributed by atoms with Crippen LogP contribution in [0, 0.1) is 11.8 Å². The van der Waals surface area contributed by atoms with Gasteiger partial charge in [-0.3, -0.25) is 15.0 Å². The molecule has 1 aromatic rings. The summed E-state index contributed by atoms with van der Waals surface area (Å²) in [6.45, 7) is 1.63. The minimum atomic E-state index is -4.47. The zero-order valence-corrected chi connectivity index (χ0v) is 20.5. The van der Waals surface area contributed by atoms with Crippen LogP contribution in [0.5, 0.6) is 0 Å². The molecule has 34 heavy (non-hydrogen) atoms. The van der Waals surface area contributed by atoms with E-state index in [1.165, 1.54) is 12.0 Å². The van der Waals surface area contributed by atoms with Crippen molar-refractivity contribution < 1.29 is 32.6 Å². The molecule has 1 aliphatic carbocycles. The van der Waals surface area contributed by atoms with E-state index in [9.17, 15) is 23.1 Å². The molecule has 192 valence electrons. The number of likely N-dealkylation sites (tertiary alicyclic amines) is 1. The summed E-state index contributed by atoms with van der Waals surface area (Å²) in [4.78, 5) is 22.1. The first kappa shape index (κ1) is 28.8. The van der Waals surface area contributed by atoms with E-state index >= 15 is 0 Å². The number of hydrogen-bond acceptors (Lipinski definition) is 5. The van der Waals surface area contributed by atoms with Gasteiger partial charge < -0.3 is 14.6 Å². The molecule has 3 rings (SSSR count). The third kappa shape index (κ3) is 6.85. The van der Waals surface area contributed by atoms with Crippen molar-refractivity contribution in [2.75, 3.05) is 13.7 Å². The first-order valence-corrected chi connectivity index (χ1v) is 11.9. The number of benzene rings is 1. The molecule has 0 bridgehead atoms. The molecule has 2 aliphatic rings. The van der Waals surface area contributed by atoms with Crippen LogP contribution >= 0.6 is 23.2 Å². The Kier molecular flexibility index (Phi) is 11.1. The summed E-state index contributed by atoms with van der Waals surface area (Å²) in [5, 5.41) is 13.5. The van der Waals surface area contributed by atoms with Crippen molar-refractivity contribution in [2.45, 2.75) is 69.6 Å². The molecule has 2 fully saturated rings. The Hall–Kier alpha value is -1.39. The average Bonchev–Trinajstić information content (AvgIpc) is 2.82. The number of hydrogen-bond donors (Lipinski definition) is 2. The van der Waals surface area contributed by atoms with Gasteiger partial charge in [0.25, 0.3) is 0 Å². The number of nitrogens with zero attached hydrogens (tertiary/aromatic N) is 1. The topological polar surface area (TPSA) is 78.9 Å². The van der Waals surface area contributed by atoms with Crippen LogP contribution in [0.2, 0.25) is 10.0 Å². The van der Waals surface area contributed by atoms with Gasteiger partial charge in [-0.05, 0) is 55.4 Å². The van der Waals surface area contributed by atoms with Gasteiger partial charge in [-0.2, -0.15) is 13.2 Å². The molecule has 6 nitrogen and oxygen atoms in total. The molecule has 1 saturated carbocycles. The van der Waals surface area contributed by atoms with Crippen LogP contribution in [0.3, 0.4) is 0 Å². The van der Waals surface area contributed by atoms with E-state index in [1.807, 2.05) is 6.79 Å². The normalized spacial score (nSPS) is 23.0. The van der Waals surface area contributed by atoms with Gasteiger partial charge in [0, 0.05) is 17.2 Å². The molecular weight excluding hydrogens is 496 g/mol. The maximum absolute atomic E-state index is 13.8. The van der Waals surface area contributed by atoms with Crippen LogP contribution in [0.1, 0.15) is 44.1 Å². The Morgan fingerprint density at radius 1 is 1.24 bits per heavy atom. The van der Waals surface area contributed by atoms with E-state index in [4.69, 9.17) is 32.7 Å². The smallest absolute Gasteiger partial charge is 0.394 e. The fourth-order valence-corrected chi connectivity index (χ4v) is 5.29. The first-order chi connectivity index (χ1) is 16.2. The van der Waals surface area contributed by atoms with E-state index in [-0.39, 0.29) is 12.5 Å². The predicted octanol–water partition coefficient (Wildman–Crippen LogP) is 4.59. The van der Waals surface area contributed by atoms with Crippen molar-refractivity contribution in [3.63, 3.8) is 0 Å². The monoisotopic (exact) mass is 526 g/mol. The molecule has 1 aliphatic heterocycles. The minimum absolute atomic E-state index is 0.355. The fourth-order valence-electron chi connectivity index (χ4n) is 4.88. The van der Waals surface area contributed by atoms with Gasteiger partial charge in [0.05, 0.1) is 18.6 Å². The zero-order valence-electron chi connectivity index (χ0n) is 19.0. The van der Waals surface area contributed by atoms with Gasteiger partial charge >= 0.3 is 6.18 Å². The quantitative estimate of drug-likeness (QED) is 0.363. The van der Waals surface area contributed by atoms with Crippen molar-refractivity contribution in [1.82, 2.24) is 10.2 Å². The lowest BCUT2D eigenvalue weighted by molar-refractivity contribution is -0.212. The molecular formula is C23H31Cl2F3N2O4. The summed E-state index contributed by atoms with van der Waals surface area (Å²) >= 11 is 12.2. The van der Waals surface area contributed by atoms with Crippen molar-refractivity contribution in [3.8, 4) is 0 Å². The Balaban J connectivity index is 0.00000199. The number of aliphatic hydroxyl groups excluding tert-OH is 1. The molecule has 3 unspecified atom stereocenters.